The van der Waals surface area contributed by atoms with Crippen molar-refractivity contribution in [2.24, 2.45) is 0 Å². The minimum Gasteiger partial charge on any atom is -0.469 e. The zero-order valence-electron chi connectivity index (χ0n) is 11.4. The molecule has 0 aliphatic heterocycles. The fourth-order valence-electron chi connectivity index (χ4n) is 2.18. The molecule has 102 valence electrons. The second kappa shape index (κ2) is 5.45. The molecule has 19 heavy (non-hydrogen) atoms. The molecule has 3 nitrogen and oxygen atoms in total. The average molecular weight is 263 g/mol. The molecule has 1 N–H and O–H groups in total. The zero-order chi connectivity index (χ0) is 14.0. The van der Waals surface area contributed by atoms with Crippen molar-refractivity contribution in [3.8, 4) is 0 Å². The van der Waals surface area contributed by atoms with Crippen LogP contribution < -0.4 is 4.90 Å². The first-order chi connectivity index (χ1) is 9.00. The minimum atomic E-state index is -0.710. The summed E-state index contributed by atoms with van der Waals surface area (Å²) < 4.78 is 19.3. The van der Waals surface area contributed by atoms with Gasteiger partial charge in [-0.3, -0.25) is 0 Å². The molecule has 0 spiro atoms. The smallest absolute Gasteiger partial charge is 0.146 e. The van der Waals surface area contributed by atoms with Crippen molar-refractivity contribution in [2.75, 3.05) is 11.9 Å². The van der Waals surface area contributed by atoms with Gasteiger partial charge >= 0.3 is 0 Å². The summed E-state index contributed by atoms with van der Waals surface area (Å²) in [6, 6.07) is 6.62. The summed E-state index contributed by atoms with van der Waals surface area (Å²) in [7, 11) is 1.80. The van der Waals surface area contributed by atoms with Crippen molar-refractivity contribution in [3.63, 3.8) is 0 Å². The van der Waals surface area contributed by atoms with Crippen LogP contribution in [0.4, 0.5) is 10.1 Å². The maximum absolute atomic E-state index is 14.0. The third-order valence-electron chi connectivity index (χ3n) is 3.22. The zero-order valence-corrected chi connectivity index (χ0v) is 11.4. The van der Waals surface area contributed by atoms with Crippen molar-refractivity contribution in [3.05, 3.63) is 53.2 Å². The van der Waals surface area contributed by atoms with E-state index >= 15 is 0 Å². The molecule has 0 fully saturated rings. The van der Waals surface area contributed by atoms with E-state index in [1.807, 2.05) is 13.0 Å². The Morgan fingerprint density at radius 2 is 2.11 bits per heavy atom. The van der Waals surface area contributed by atoms with E-state index in [1.54, 1.807) is 37.3 Å². The van der Waals surface area contributed by atoms with Gasteiger partial charge in [0.1, 0.15) is 11.6 Å². The van der Waals surface area contributed by atoms with Gasteiger partial charge in [-0.25, -0.2) is 4.39 Å². The molecule has 1 unspecified atom stereocenters. The predicted octanol–water partition coefficient (Wildman–Crippen LogP) is 3.42. The number of anilines is 1. The second-order valence-corrected chi connectivity index (χ2v) is 4.71. The molecule has 4 heteroatoms. The molecule has 0 amide bonds. The number of para-hydroxylation sites is 1. The van der Waals surface area contributed by atoms with Gasteiger partial charge in [0.15, 0.2) is 0 Å². The Morgan fingerprint density at radius 3 is 2.68 bits per heavy atom. The highest BCUT2D eigenvalue weighted by Gasteiger charge is 2.17. The Bertz CT molecular complexity index is 563. The van der Waals surface area contributed by atoms with Crippen molar-refractivity contribution in [1.29, 1.82) is 0 Å². The molecule has 0 saturated carbocycles. The SMILES string of the molecule is Cc1occc1CN(C)c1c(F)cccc1C(C)O. The molecule has 1 aromatic heterocycles. The van der Waals surface area contributed by atoms with Crippen molar-refractivity contribution in [1.82, 2.24) is 0 Å². The van der Waals surface area contributed by atoms with Gasteiger partial charge < -0.3 is 14.4 Å². The van der Waals surface area contributed by atoms with Crippen molar-refractivity contribution >= 4 is 5.69 Å². The molecule has 0 bridgehead atoms. The number of hydrogen-bond donors (Lipinski definition) is 1. The normalized spacial score (nSPS) is 12.5. The molecule has 0 aliphatic carbocycles. The first-order valence-electron chi connectivity index (χ1n) is 6.21. The van der Waals surface area contributed by atoms with Gasteiger partial charge in [0.05, 0.1) is 18.1 Å². The number of aliphatic hydroxyl groups is 1. The van der Waals surface area contributed by atoms with Gasteiger partial charge in [0.2, 0.25) is 0 Å². The van der Waals surface area contributed by atoms with Crippen LogP contribution in [0, 0.1) is 12.7 Å². The monoisotopic (exact) mass is 263 g/mol. The highest BCUT2D eigenvalue weighted by Crippen LogP contribution is 2.29. The number of hydrogen-bond acceptors (Lipinski definition) is 3. The maximum Gasteiger partial charge on any atom is 0.146 e. The molecule has 0 radical (unpaired) electrons. The fourth-order valence-corrected chi connectivity index (χ4v) is 2.18. The molecule has 2 rings (SSSR count). The van der Waals surface area contributed by atoms with E-state index in [-0.39, 0.29) is 5.82 Å². The lowest BCUT2D eigenvalue weighted by molar-refractivity contribution is 0.199. The van der Waals surface area contributed by atoms with Gasteiger partial charge in [0, 0.05) is 24.7 Å². The number of aliphatic hydroxyl groups excluding tert-OH is 1. The third kappa shape index (κ3) is 2.79. The van der Waals surface area contributed by atoms with Crippen LogP contribution in [0.15, 0.2) is 34.9 Å². The van der Waals surface area contributed by atoms with Crippen molar-refractivity contribution in [2.45, 2.75) is 26.5 Å². The quantitative estimate of drug-likeness (QED) is 0.918. The van der Waals surface area contributed by atoms with E-state index < -0.39 is 6.10 Å². The molecular formula is C15H18FNO2. The van der Waals surface area contributed by atoms with E-state index in [0.717, 1.165) is 11.3 Å². The van der Waals surface area contributed by atoms with E-state index in [2.05, 4.69) is 0 Å². The van der Waals surface area contributed by atoms with E-state index in [0.29, 0.717) is 17.8 Å². The molecule has 0 saturated heterocycles. The van der Waals surface area contributed by atoms with Crippen LogP contribution in [-0.4, -0.2) is 12.2 Å². The number of furan rings is 1. The molecule has 2 aromatic rings. The molecule has 1 aromatic carbocycles. The van der Waals surface area contributed by atoms with Crippen LogP contribution in [0.2, 0.25) is 0 Å². The van der Waals surface area contributed by atoms with Crippen LogP contribution >= 0.6 is 0 Å². The third-order valence-corrected chi connectivity index (χ3v) is 3.22. The second-order valence-electron chi connectivity index (χ2n) is 4.71. The highest BCUT2D eigenvalue weighted by atomic mass is 19.1. The Kier molecular flexibility index (Phi) is 3.90. The van der Waals surface area contributed by atoms with Crippen LogP contribution in [0.1, 0.15) is 29.9 Å². The number of aryl methyl sites for hydroxylation is 1. The predicted molar refractivity (Wildman–Crippen MR) is 72.6 cm³/mol. The van der Waals surface area contributed by atoms with Gasteiger partial charge in [-0.1, -0.05) is 12.1 Å². The van der Waals surface area contributed by atoms with E-state index in [4.69, 9.17) is 4.42 Å². The summed E-state index contributed by atoms with van der Waals surface area (Å²) in [5.41, 5.74) is 2.02. The van der Waals surface area contributed by atoms with Crippen LogP contribution in [0.25, 0.3) is 0 Å². The van der Waals surface area contributed by atoms with Crippen LogP contribution in [0.3, 0.4) is 0 Å². The summed E-state index contributed by atoms with van der Waals surface area (Å²) >= 11 is 0. The summed E-state index contributed by atoms with van der Waals surface area (Å²) in [5, 5.41) is 9.75. The minimum absolute atomic E-state index is 0.331. The highest BCUT2D eigenvalue weighted by molar-refractivity contribution is 5.55. The van der Waals surface area contributed by atoms with Gasteiger partial charge in [-0.05, 0) is 26.0 Å². The van der Waals surface area contributed by atoms with Gasteiger partial charge in [-0.15, -0.1) is 0 Å². The van der Waals surface area contributed by atoms with Crippen LogP contribution in [0.5, 0.6) is 0 Å². The average Bonchev–Trinajstić information content (AvgIpc) is 2.74. The van der Waals surface area contributed by atoms with Gasteiger partial charge in [0.25, 0.3) is 0 Å². The van der Waals surface area contributed by atoms with Crippen molar-refractivity contribution < 1.29 is 13.9 Å². The topological polar surface area (TPSA) is 36.6 Å². The Labute approximate surface area is 112 Å². The standard InChI is InChI=1S/C15H18FNO2/c1-10(18)13-5-4-6-14(16)15(13)17(3)9-12-7-8-19-11(12)2/h4-8,10,18H,9H2,1-3H3. The summed E-state index contributed by atoms with van der Waals surface area (Å²) in [5.74, 6) is 0.490. The van der Waals surface area contributed by atoms with E-state index in [9.17, 15) is 9.50 Å². The summed E-state index contributed by atoms with van der Waals surface area (Å²) in [4.78, 5) is 1.79. The molecular weight excluding hydrogens is 245 g/mol. The first kappa shape index (κ1) is 13.6. The number of halogens is 1. The molecule has 1 heterocycles. The van der Waals surface area contributed by atoms with Crippen LogP contribution in [-0.2, 0) is 6.54 Å². The molecule has 1 atom stereocenters. The Hall–Kier alpha value is -1.81. The number of benzene rings is 1. The largest absolute Gasteiger partial charge is 0.469 e. The lowest BCUT2D eigenvalue weighted by Gasteiger charge is -2.24. The lowest BCUT2D eigenvalue weighted by atomic mass is 10.1. The lowest BCUT2D eigenvalue weighted by Crippen LogP contribution is -2.20. The van der Waals surface area contributed by atoms with E-state index in [1.165, 1.54) is 6.07 Å². The Balaban J connectivity index is 2.33. The van der Waals surface area contributed by atoms with Gasteiger partial charge in [-0.2, -0.15) is 0 Å². The first-order valence-corrected chi connectivity index (χ1v) is 6.21. The molecule has 0 aliphatic rings. The number of rotatable bonds is 4. The Morgan fingerprint density at radius 1 is 1.37 bits per heavy atom. The maximum atomic E-state index is 14.0. The fraction of sp³-hybridized carbons (Fsp3) is 0.333. The summed E-state index contributed by atoms with van der Waals surface area (Å²) in [6.07, 6.45) is 0.911. The summed E-state index contributed by atoms with van der Waals surface area (Å²) in [6.45, 7) is 4.04. The number of nitrogens with zero attached hydrogens (tertiary/aromatic N) is 1.